The molecule has 2 aromatic carbocycles. The number of aliphatic hydroxyl groups excluding tert-OH is 1. The average Bonchev–Trinajstić information content (AvgIpc) is 3.28. The van der Waals surface area contributed by atoms with Gasteiger partial charge in [0.15, 0.2) is 0 Å². The van der Waals surface area contributed by atoms with E-state index in [4.69, 9.17) is 4.98 Å². The molecule has 1 atom stereocenters. The second-order valence-corrected chi connectivity index (χ2v) is 9.60. The maximum absolute atomic E-state index is 13.8. The van der Waals surface area contributed by atoms with Crippen LogP contribution in [0.5, 0.6) is 5.75 Å². The fourth-order valence-electron chi connectivity index (χ4n) is 4.31. The van der Waals surface area contributed by atoms with Gasteiger partial charge in [0.2, 0.25) is 0 Å². The molecule has 0 aliphatic heterocycles. The molecule has 7 nitrogen and oxygen atoms in total. The minimum atomic E-state index is -0.803. The van der Waals surface area contributed by atoms with Crippen LogP contribution in [0.25, 0.3) is 32.4 Å². The van der Waals surface area contributed by atoms with Crippen LogP contribution in [0.1, 0.15) is 30.2 Å². The van der Waals surface area contributed by atoms with Gasteiger partial charge in [-0.05, 0) is 56.1 Å². The highest BCUT2D eigenvalue weighted by molar-refractivity contribution is 7.16. The molecule has 0 fully saturated rings. The highest BCUT2D eigenvalue weighted by Crippen LogP contribution is 2.31. The fraction of sp³-hybridized carbons (Fsp3) is 0.222. The smallest absolute Gasteiger partial charge is 0.305 e. The van der Waals surface area contributed by atoms with E-state index < -0.39 is 6.10 Å². The molecule has 36 heavy (non-hydrogen) atoms. The Kier molecular flexibility index (Phi) is 7.04. The van der Waals surface area contributed by atoms with Crippen molar-refractivity contribution in [1.82, 2.24) is 20.3 Å². The van der Waals surface area contributed by atoms with Crippen molar-refractivity contribution in [2.24, 2.45) is 0 Å². The van der Waals surface area contributed by atoms with Crippen LogP contribution in [0, 0.1) is 5.82 Å². The zero-order valence-corrected chi connectivity index (χ0v) is 20.2. The molecule has 0 aliphatic rings. The van der Waals surface area contributed by atoms with Crippen molar-refractivity contribution < 1.29 is 14.6 Å². The van der Waals surface area contributed by atoms with Crippen molar-refractivity contribution in [3.63, 3.8) is 0 Å². The van der Waals surface area contributed by atoms with E-state index in [1.165, 1.54) is 18.2 Å². The Balaban J connectivity index is 1.19. The Morgan fingerprint density at radius 3 is 2.86 bits per heavy atom. The van der Waals surface area contributed by atoms with Crippen LogP contribution in [-0.4, -0.2) is 38.3 Å². The summed E-state index contributed by atoms with van der Waals surface area (Å²) in [5.74, 6) is -0.318. The van der Waals surface area contributed by atoms with Crippen molar-refractivity contribution in [3.8, 4) is 17.0 Å². The first kappa shape index (κ1) is 24.1. The number of pyridine rings is 2. The topological polar surface area (TPSA) is 111 Å². The third kappa shape index (κ3) is 5.13. The van der Waals surface area contributed by atoms with Gasteiger partial charge >= 0.3 is 4.87 Å². The Morgan fingerprint density at radius 2 is 2.00 bits per heavy atom. The van der Waals surface area contributed by atoms with Crippen molar-refractivity contribution in [3.05, 3.63) is 87.5 Å². The molecule has 0 bridgehead atoms. The summed E-state index contributed by atoms with van der Waals surface area (Å²) >= 11 is 0.976. The number of unbranched alkanes of at least 4 members (excludes halogenated alkanes) is 1. The summed E-state index contributed by atoms with van der Waals surface area (Å²) in [6.45, 7) is 1.03. The molecule has 0 saturated heterocycles. The van der Waals surface area contributed by atoms with Gasteiger partial charge < -0.3 is 20.5 Å². The molecule has 184 valence electrons. The summed E-state index contributed by atoms with van der Waals surface area (Å²) in [7, 11) is 0. The van der Waals surface area contributed by atoms with Gasteiger partial charge in [0.25, 0.3) is 0 Å². The first-order valence-corrected chi connectivity index (χ1v) is 12.6. The Labute approximate surface area is 210 Å². The molecule has 3 aromatic heterocycles. The Bertz CT molecular complexity index is 1580. The zero-order valence-electron chi connectivity index (χ0n) is 19.4. The van der Waals surface area contributed by atoms with Crippen LogP contribution in [0.15, 0.2) is 65.6 Å². The van der Waals surface area contributed by atoms with Gasteiger partial charge in [-0.2, -0.15) is 0 Å². The van der Waals surface area contributed by atoms with E-state index in [0.29, 0.717) is 40.1 Å². The lowest BCUT2D eigenvalue weighted by Gasteiger charge is -2.13. The number of aliphatic hydroxyl groups is 1. The number of aromatic hydroxyl groups is 1. The molecular formula is C27H25FN4O3S. The lowest BCUT2D eigenvalue weighted by atomic mass is 10.0. The maximum atomic E-state index is 13.8. The van der Waals surface area contributed by atoms with Crippen LogP contribution in [0.3, 0.4) is 0 Å². The van der Waals surface area contributed by atoms with E-state index in [2.05, 4.69) is 15.3 Å². The molecule has 0 spiro atoms. The first-order chi connectivity index (χ1) is 17.5. The molecule has 4 N–H and O–H groups in total. The molecule has 0 radical (unpaired) electrons. The van der Waals surface area contributed by atoms with Gasteiger partial charge in [0.1, 0.15) is 17.1 Å². The van der Waals surface area contributed by atoms with Gasteiger partial charge in [-0.1, -0.05) is 35.6 Å². The van der Waals surface area contributed by atoms with E-state index in [0.717, 1.165) is 47.2 Å². The number of nitrogens with zero attached hydrogens (tertiary/aromatic N) is 2. The number of fused-ring (bicyclic) bond motifs is 2. The maximum Gasteiger partial charge on any atom is 0.305 e. The van der Waals surface area contributed by atoms with Gasteiger partial charge in [0.05, 0.1) is 22.0 Å². The summed E-state index contributed by atoms with van der Waals surface area (Å²) in [6.07, 6.45) is 3.42. The number of hydrogen-bond acceptors (Lipinski definition) is 7. The molecular weight excluding hydrogens is 479 g/mol. The monoisotopic (exact) mass is 504 g/mol. The number of halogens is 1. The second kappa shape index (κ2) is 10.5. The number of aryl methyl sites for hydroxylation is 1. The van der Waals surface area contributed by atoms with Crippen molar-refractivity contribution in [2.75, 3.05) is 13.1 Å². The minimum absolute atomic E-state index is 0.00843. The summed E-state index contributed by atoms with van der Waals surface area (Å²) in [5.41, 5.74) is 4.01. The van der Waals surface area contributed by atoms with Crippen molar-refractivity contribution in [2.45, 2.75) is 25.4 Å². The van der Waals surface area contributed by atoms with Crippen LogP contribution in [0.2, 0.25) is 0 Å². The number of hydrogen-bond donors (Lipinski definition) is 4. The fourth-order valence-corrected chi connectivity index (χ4v) is 5.23. The number of phenols is 1. The molecule has 5 aromatic rings. The van der Waals surface area contributed by atoms with Crippen molar-refractivity contribution in [1.29, 1.82) is 0 Å². The lowest BCUT2D eigenvalue weighted by molar-refractivity contribution is 0.176. The van der Waals surface area contributed by atoms with Gasteiger partial charge in [-0.25, -0.2) is 4.39 Å². The van der Waals surface area contributed by atoms with Crippen LogP contribution >= 0.6 is 11.3 Å². The number of rotatable bonds is 9. The van der Waals surface area contributed by atoms with E-state index >= 15 is 0 Å². The Morgan fingerprint density at radius 1 is 1.11 bits per heavy atom. The van der Waals surface area contributed by atoms with Gasteiger partial charge in [0, 0.05) is 34.9 Å². The van der Waals surface area contributed by atoms with E-state index in [-0.39, 0.29) is 16.4 Å². The number of aromatic nitrogens is 3. The molecule has 3 heterocycles. The predicted molar refractivity (Wildman–Crippen MR) is 140 cm³/mol. The summed E-state index contributed by atoms with van der Waals surface area (Å²) in [4.78, 5) is 23.3. The lowest BCUT2D eigenvalue weighted by Crippen LogP contribution is -2.22. The molecule has 5 rings (SSSR count). The van der Waals surface area contributed by atoms with Crippen LogP contribution in [-0.2, 0) is 6.42 Å². The minimum Gasteiger partial charge on any atom is -0.506 e. The predicted octanol–water partition coefficient (Wildman–Crippen LogP) is 4.69. The number of aromatic amines is 1. The largest absolute Gasteiger partial charge is 0.506 e. The van der Waals surface area contributed by atoms with E-state index in [9.17, 15) is 19.4 Å². The second-order valence-electron chi connectivity index (χ2n) is 8.62. The quantitative estimate of drug-likeness (QED) is 0.217. The number of thiazole rings is 1. The van der Waals surface area contributed by atoms with Crippen LogP contribution in [0.4, 0.5) is 4.39 Å². The number of nitrogens with one attached hydrogen (secondary N) is 2. The number of H-pyrrole nitrogens is 1. The standard InChI is InChI=1S/C27H25FN4O3S/c28-18-7-3-5-16(13-18)24-23-17(6-4-12-30-23)14-19(31-24)8-1-2-11-29-15-22(34)20-9-10-21(33)25-26(20)36-27(35)32-25/h3-7,9-10,12-14,22,29,33-34H,1-2,8,11,15H2,(H,32,35)/t22-/m0/s1. The Hall–Kier alpha value is -3.66. The average molecular weight is 505 g/mol. The highest BCUT2D eigenvalue weighted by atomic mass is 32.1. The summed E-state index contributed by atoms with van der Waals surface area (Å²) in [5, 5.41) is 24.8. The molecule has 0 amide bonds. The third-order valence-corrected chi connectivity index (χ3v) is 6.99. The number of benzene rings is 2. The highest BCUT2D eigenvalue weighted by Gasteiger charge is 2.16. The van der Waals surface area contributed by atoms with Crippen molar-refractivity contribution >= 4 is 32.5 Å². The van der Waals surface area contributed by atoms with Crippen LogP contribution < -0.4 is 10.2 Å². The third-order valence-electron chi connectivity index (χ3n) is 6.06. The SMILES string of the molecule is O=c1[nH]c2c(O)ccc([C@@H](O)CNCCCCc3cc4cccnc4c(-c4cccc(F)c4)n3)c2s1. The van der Waals surface area contributed by atoms with Gasteiger partial charge in [-0.15, -0.1) is 0 Å². The van der Waals surface area contributed by atoms with E-state index in [1.807, 2.05) is 24.3 Å². The summed E-state index contributed by atoms with van der Waals surface area (Å²) in [6, 6.07) is 15.4. The zero-order chi connectivity index (χ0) is 25.1. The molecule has 0 aliphatic carbocycles. The van der Waals surface area contributed by atoms with Gasteiger partial charge in [-0.3, -0.25) is 14.8 Å². The summed E-state index contributed by atoms with van der Waals surface area (Å²) < 4.78 is 14.4. The molecule has 9 heteroatoms. The molecule has 0 saturated carbocycles. The van der Waals surface area contributed by atoms with E-state index in [1.54, 1.807) is 18.3 Å². The normalized spacial score (nSPS) is 12.4. The number of phenolic OH excluding ortho intramolecular Hbond substituents is 1. The molecule has 0 unspecified atom stereocenters. The first-order valence-electron chi connectivity index (χ1n) is 11.7.